The molecule has 0 atom stereocenters. The van der Waals surface area contributed by atoms with E-state index in [1.807, 2.05) is 12.1 Å². The Morgan fingerprint density at radius 3 is 1.39 bits per heavy atom. The Labute approximate surface area is 126 Å². The summed E-state index contributed by atoms with van der Waals surface area (Å²) in [5.74, 6) is 1.05. The zero-order chi connectivity index (χ0) is 11.2. The second kappa shape index (κ2) is 9.30. The smallest absolute Gasteiger partial charge is 1.00 e. The van der Waals surface area contributed by atoms with Crippen LogP contribution in [0, 0.1) is 0 Å². The fourth-order valence-electron chi connectivity index (χ4n) is 1.15. The molecule has 0 aromatic heterocycles. The first-order chi connectivity index (χ1) is 7.84. The molecule has 2 aromatic rings. The van der Waals surface area contributed by atoms with E-state index in [2.05, 4.69) is 0 Å². The summed E-state index contributed by atoms with van der Waals surface area (Å²) < 4.78 is 10.2. The normalized spacial score (nSPS) is 9.00. The number of hydrogen-bond acceptors (Lipinski definition) is 3. The molecule has 90 valence electrons. The van der Waals surface area contributed by atoms with Crippen LogP contribution in [0.3, 0.4) is 0 Å². The molecule has 3 nitrogen and oxygen atoms in total. The van der Waals surface area contributed by atoms with E-state index in [9.17, 15) is 4.89 Å². The van der Waals surface area contributed by atoms with Crippen LogP contribution in [-0.4, -0.2) is 0 Å². The Morgan fingerprint density at radius 2 is 1.06 bits per heavy atom. The molecule has 0 bridgehead atoms. The maximum atomic E-state index is 11.5. The van der Waals surface area contributed by atoms with Crippen molar-refractivity contribution in [2.24, 2.45) is 0 Å². The molecular formula is C12H10ClO3PZn. The van der Waals surface area contributed by atoms with Gasteiger partial charge in [0, 0.05) is 0 Å². The maximum absolute atomic E-state index is 11.5. The Morgan fingerprint density at radius 1 is 0.722 bits per heavy atom. The monoisotopic (exact) mass is 332 g/mol. The van der Waals surface area contributed by atoms with Crippen LogP contribution < -0.4 is 26.3 Å². The summed E-state index contributed by atoms with van der Waals surface area (Å²) in [5, 5.41) is 0. The van der Waals surface area contributed by atoms with Gasteiger partial charge in [0.25, 0.3) is 0 Å². The van der Waals surface area contributed by atoms with Gasteiger partial charge in [0.1, 0.15) is 11.5 Å². The van der Waals surface area contributed by atoms with Gasteiger partial charge >= 0.3 is 19.5 Å². The molecule has 18 heavy (non-hydrogen) atoms. The summed E-state index contributed by atoms with van der Waals surface area (Å²) in [4.78, 5) is 11.5. The van der Waals surface area contributed by atoms with E-state index in [1.54, 1.807) is 48.5 Å². The molecule has 0 saturated carbocycles. The third kappa shape index (κ3) is 5.79. The SMILES string of the molecule is [Cl-].[O-]P(Oc1ccccc1)Oc1ccccc1.[Zn+2]. The van der Waals surface area contributed by atoms with Crippen molar-refractivity contribution in [3.05, 3.63) is 60.7 Å². The molecule has 0 aliphatic heterocycles. The molecule has 0 spiro atoms. The average Bonchev–Trinajstić information content (AvgIpc) is 2.31. The van der Waals surface area contributed by atoms with Crippen LogP contribution in [0.25, 0.3) is 0 Å². The topological polar surface area (TPSA) is 41.5 Å². The Hall–Kier alpha value is -0.657. The van der Waals surface area contributed by atoms with Gasteiger partial charge in [0.05, 0.1) is 0 Å². The van der Waals surface area contributed by atoms with Crippen molar-refractivity contribution < 1.29 is 45.8 Å². The van der Waals surface area contributed by atoms with Crippen LogP contribution in [0.4, 0.5) is 0 Å². The molecule has 2 aromatic carbocycles. The van der Waals surface area contributed by atoms with Crippen LogP contribution in [0.2, 0.25) is 0 Å². The Bertz CT molecular complexity index is 388. The van der Waals surface area contributed by atoms with Gasteiger partial charge in [-0.05, 0) is 24.3 Å². The molecule has 0 N–H and O–H groups in total. The van der Waals surface area contributed by atoms with Crippen molar-refractivity contribution in [1.82, 2.24) is 0 Å². The summed E-state index contributed by atoms with van der Waals surface area (Å²) in [7, 11) is -2.18. The van der Waals surface area contributed by atoms with Crippen molar-refractivity contribution in [1.29, 1.82) is 0 Å². The molecule has 0 fully saturated rings. The van der Waals surface area contributed by atoms with Gasteiger partial charge in [-0.3, -0.25) is 0 Å². The molecule has 6 heteroatoms. The predicted molar refractivity (Wildman–Crippen MR) is 61.1 cm³/mol. The molecule has 0 amide bonds. The van der Waals surface area contributed by atoms with Gasteiger partial charge in [0.2, 0.25) is 8.60 Å². The quantitative estimate of drug-likeness (QED) is 0.571. The van der Waals surface area contributed by atoms with Crippen LogP contribution in [0.1, 0.15) is 0 Å². The number of rotatable bonds is 4. The second-order valence-electron chi connectivity index (χ2n) is 3.03. The molecule has 0 aliphatic rings. The largest absolute Gasteiger partial charge is 2.00 e. The van der Waals surface area contributed by atoms with Crippen LogP contribution >= 0.6 is 8.60 Å². The molecular weight excluding hydrogens is 324 g/mol. The second-order valence-corrected chi connectivity index (χ2v) is 3.84. The minimum atomic E-state index is -2.18. The van der Waals surface area contributed by atoms with Gasteiger partial charge in [-0.15, -0.1) is 0 Å². The van der Waals surface area contributed by atoms with Gasteiger partial charge in [-0.1, -0.05) is 36.4 Å². The van der Waals surface area contributed by atoms with Crippen molar-refractivity contribution in [3.8, 4) is 11.5 Å². The van der Waals surface area contributed by atoms with E-state index in [4.69, 9.17) is 9.05 Å². The number of halogens is 1. The van der Waals surface area contributed by atoms with Crippen molar-refractivity contribution in [2.45, 2.75) is 0 Å². The summed E-state index contributed by atoms with van der Waals surface area (Å²) >= 11 is 0. The Balaban J connectivity index is 0.00000144. The molecule has 0 saturated heterocycles. The first-order valence-electron chi connectivity index (χ1n) is 4.78. The maximum Gasteiger partial charge on any atom is 2.00 e. The summed E-state index contributed by atoms with van der Waals surface area (Å²) in [6.45, 7) is 0. The minimum Gasteiger partial charge on any atom is -1.00 e. The first kappa shape index (κ1) is 17.3. The minimum absolute atomic E-state index is 0. The number of benzene rings is 2. The third-order valence-electron chi connectivity index (χ3n) is 1.85. The van der Waals surface area contributed by atoms with Gasteiger partial charge in [0.15, 0.2) is 0 Å². The molecule has 0 unspecified atom stereocenters. The molecule has 0 aliphatic carbocycles. The molecule has 2 rings (SSSR count). The summed E-state index contributed by atoms with van der Waals surface area (Å²) in [6, 6.07) is 17.8. The van der Waals surface area contributed by atoms with Gasteiger partial charge < -0.3 is 26.3 Å². The van der Waals surface area contributed by atoms with E-state index >= 15 is 0 Å². The standard InChI is InChI=1S/C12H10O3P.ClH.Zn/c13-16(14-11-7-3-1-4-8-11)15-12-9-5-2-6-10-12;;/h1-10H;1H;/q-1;;+2/p-1. The average molecular weight is 334 g/mol. The van der Waals surface area contributed by atoms with Crippen LogP contribution in [0.15, 0.2) is 60.7 Å². The van der Waals surface area contributed by atoms with Gasteiger partial charge in [-0.2, -0.15) is 0 Å². The third-order valence-corrected chi connectivity index (χ3v) is 2.57. The van der Waals surface area contributed by atoms with Crippen molar-refractivity contribution in [3.63, 3.8) is 0 Å². The zero-order valence-corrected chi connectivity index (χ0v) is 14.1. The van der Waals surface area contributed by atoms with E-state index in [0.717, 1.165) is 0 Å². The van der Waals surface area contributed by atoms with E-state index in [0.29, 0.717) is 11.5 Å². The molecule has 0 heterocycles. The van der Waals surface area contributed by atoms with Gasteiger partial charge in [-0.25, -0.2) is 0 Å². The van der Waals surface area contributed by atoms with E-state index in [-0.39, 0.29) is 31.9 Å². The van der Waals surface area contributed by atoms with E-state index < -0.39 is 8.60 Å². The summed E-state index contributed by atoms with van der Waals surface area (Å²) in [5.41, 5.74) is 0. The summed E-state index contributed by atoms with van der Waals surface area (Å²) in [6.07, 6.45) is 0. The molecule has 0 radical (unpaired) electrons. The Kier molecular flexibility index (Phi) is 8.96. The first-order valence-corrected chi connectivity index (χ1v) is 5.87. The van der Waals surface area contributed by atoms with E-state index in [1.165, 1.54) is 0 Å². The predicted octanol–water partition coefficient (Wildman–Crippen LogP) is -0.267. The fourth-order valence-corrected chi connectivity index (χ4v) is 1.78. The van der Waals surface area contributed by atoms with Crippen molar-refractivity contribution in [2.75, 3.05) is 0 Å². The zero-order valence-electron chi connectivity index (χ0n) is 9.53. The number of para-hydroxylation sites is 2. The van der Waals surface area contributed by atoms with Crippen LogP contribution in [-0.2, 0) is 19.5 Å². The fraction of sp³-hybridized carbons (Fsp3) is 0. The number of hydrogen-bond donors (Lipinski definition) is 0. The van der Waals surface area contributed by atoms with Crippen LogP contribution in [0.5, 0.6) is 11.5 Å². The van der Waals surface area contributed by atoms with Crippen molar-refractivity contribution >= 4 is 8.60 Å².